The van der Waals surface area contributed by atoms with Gasteiger partial charge >= 0.3 is 6.03 Å². The Morgan fingerprint density at radius 2 is 1.76 bits per heavy atom. The van der Waals surface area contributed by atoms with Crippen LogP contribution >= 0.6 is 0 Å². The van der Waals surface area contributed by atoms with Crippen molar-refractivity contribution in [3.63, 3.8) is 0 Å². The third-order valence-electron chi connectivity index (χ3n) is 7.48. The number of imide groups is 1. The summed E-state index contributed by atoms with van der Waals surface area (Å²) >= 11 is 0. The van der Waals surface area contributed by atoms with Crippen LogP contribution in [0.5, 0.6) is 0 Å². The number of urea groups is 1. The van der Waals surface area contributed by atoms with Gasteiger partial charge in [0, 0.05) is 18.4 Å². The Bertz CT molecular complexity index is 1420. The van der Waals surface area contributed by atoms with Crippen molar-refractivity contribution < 1.29 is 18.4 Å². The van der Waals surface area contributed by atoms with Crippen LogP contribution in [0.2, 0.25) is 18.1 Å². The molecule has 0 radical (unpaired) electrons. The van der Waals surface area contributed by atoms with Crippen molar-refractivity contribution in [2.45, 2.75) is 58.3 Å². The summed E-state index contributed by atoms with van der Waals surface area (Å²) in [6, 6.07) is 10.1. The molecule has 10 heteroatoms. The maximum absolute atomic E-state index is 15.0. The van der Waals surface area contributed by atoms with Gasteiger partial charge in [-0.15, -0.1) is 0 Å². The molecule has 4 rings (SSSR count). The van der Waals surface area contributed by atoms with E-state index in [1.165, 1.54) is 17.0 Å². The minimum Gasteiger partial charge on any atom is -0.415 e. The largest absolute Gasteiger partial charge is 0.415 e. The monoisotopic (exact) mass is 524 g/mol. The van der Waals surface area contributed by atoms with E-state index < -0.39 is 32.1 Å². The van der Waals surface area contributed by atoms with Gasteiger partial charge in [0.25, 0.3) is 11.5 Å². The topological polar surface area (TPSA) is 95.6 Å². The summed E-state index contributed by atoms with van der Waals surface area (Å²) in [5.41, 5.74) is 0.860. The Morgan fingerprint density at radius 1 is 1.08 bits per heavy atom. The molecule has 3 amide bonds. The summed E-state index contributed by atoms with van der Waals surface area (Å²) in [6.45, 7) is 12.8. The van der Waals surface area contributed by atoms with E-state index in [0.29, 0.717) is 28.6 Å². The van der Waals surface area contributed by atoms with Gasteiger partial charge in [-0.25, -0.2) is 19.2 Å². The molecule has 1 fully saturated rings. The van der Waals surface area contributed by atoms with Gasteiger partial charge in [-0.1, -0.05) is 45.0 Å². The molecule has 0 aliphatic carbocycles. The summed E-state index contributed by atoms with van der Waals surface area (Å²) in [7, 11) is -2.02. The standard InChI is InChI=1S/C27H33FN4O4Si/c1-17-25(34)32(26(35)31(17)13-14-36-37(5,6)27(2,3)4)23-16-18(11-12-21(23)28)15-22-19-9-7-8-10-20(19)24(33)30-29-22/h7-12,16-17H,13-15H2,1-6H3,(H,30,33). The number of carbonyl (C=O) groups excluding carboxylic acids is 2. The van der Waals surface area contributed by atoms with Gasteiger partial charge in [-0.05, 0) is 48.8 Å². The molecule has 1 aliphatic rings. The Hall–Kier alpha value is -3.37. The number of H-pyrrole nitrogens is 1. The van der Waals surface area contributed by atoms with E-state index in [0.717, 1.165) is 4.90 Å². The number of amides is 3. The lowest BCUT2D eigenvalue weighted by Gasteiger charge is -2.36. The molecule has 2 aromatic carbocycles. The molecule has 1 aliphatic heterocycles. The fourth-order valence-electron chi connectivity index (χ4n) is 4.17. The van der Waals surface area contributed by atoms with Crippen molar-refractivity contribution in [3.8, 4) is 0 Å². The van der Waals surface area contributed by atoms with E-state index in [1.807, 2.05) is 6.07 Å². The first-order chi connectivity index (χ1) is 17.3. The van der Waals surface area contributed by atoms with Gasteiger partial charge in [0.15, 0.2) is 8.32 Å². The van der Waals surface area contributed by atoms with E-state index in [9.17, 15) is 18.8 Å². The zero-order valence-electron chi connectivity index (χ0n) is 22.1. The number of hydrogen-bond donors (Lipinski definition) is 1. The molecule has 1 N–H and O–H groups in total. The third-order valence-corrected chi connectivity index (χ3v) is 12.0. The second-order valence-electron chi connectivity index (χ2n) is 10.9. The molecule has 196 valence electrons. The average molecular weight is 525 g/mol. The number of benzene rings is 2. The van der Waals surface area contributed by atoms with Crippen molar-refractivity contribution in [1.82, 2.24) is 15.1 Å². The summed E-state index contributed by atoms with van der Waals surface area (Å²) in [5.74, 6) is -1.16. The molecule has 1 aromatic heterocycles. The predicted octanol–water partition coefficient (Wildman–Crippen LogP) is 4.83. The minimum absolute atomic E-state index is 0.0189. The molecule has 0 saturated carbocycles. The van der Waals surface area contributed by atoms with Crippen molar-refractivity contribution in [3.05, 3.63) is 69.9 Å². The quantitative estimate of drug-likeness (QED) is 0.353. The molecule has 8 nitrogen and oxygen atoms in total. The van der Waals surface area contributed by atoms with Crippen LogP contribution in [0, 0.1) is 5.82 Å². The number of hydrogen-bond acceptors (Lipinski definition) is 5. The zero-order valence-corrected chi connectivity index (χ0v) is 23.1. The molecule has 1 saturated heterocycles. The average Bonchev–Trinajstić information content (AvgIpc) is 3.04. The lowest BCUT2D eigenvalue weighted by Crippen LogP contribution is -2.44. The molecule has 1 atom stereocenters. The highest BCUT2D eigenvalue weighted by molar-refractivity contribution is 6.74. The molecule has 0 bridgehead atoms. The van der Waals surface area contributed by atoms with Gasteiger partial charge in [0.05, 0.1) is 23.4 Å². The molecule has 37 heavy (non-hydrogen) atoms. The van der Waals surface area contributed by atoms with E-state index in [1.54, 1.807) is 31.2 Å². The highest BCUT2D eigenvalue weighted by atomic mass is 28.4. The van der Waals surface area contributed by atoms with Crippen LogP contribution in [0.1, 0.15) is 39.0 Å². The predicted molar refractivity (Wildman–Crippen MR) is 144 cm³/mol. The Balaban J connectivity index is 1.57. The van der Waals surface area contributed by atoms with Gasteiger partial charge < -0.3 is 9.33 Å². The molecule has 2 heterocycles. The number of halogens is 1. The van der Waals surface area contributed by atoms with Crippen LogP contribution < -0.4 is 10.5 Å². The third kappa shape index (κ3) is 5.08. The number of anilines is 1. The van der Waals surface area contributed by atoms with E-state index >= 15 is 0 Å². The van der Waals surface area contributed by atoms with Gasteiger partial charge in [0.2, 0.25) is 0 Å². The number of carbonyl (C=O) groups is 2. The minimum atomic E-state index is -2.02. The van der Waals surface area contributed by atoms with Gasteiger partial charge in [-0.2, -0.15) is 5.10 Å². The lowest BCUT2D eigenvalue weighted by molar-refractivity contribution is -0.119. The molecule has 3 aromatic rings. The van der Waals surface area contributed by atoms with Crippen molar-refractivity contribution in [2.75, 3.05) is 18.1 Å². The summed E-state index contributed by atoms with van der Waals surface area (Å²) in [4.78, 5) is 40.8. The fourth-order valence-corrected chi connectivity index (χ4v) is 5.21. The number of nitrogens with one attached hydrogen (secondary N) is 1. The smallest absolute Gasteiger partial charge is 0.332 e. The molecular formula is C27H33FN4O4Si. The number of aromatic nitrogens is 2. The van der Waals surface area contributed by atoms with Gasteiger partial charge in [0.1, 0.15) is 11.9 Å². The van der Waals surface area contributed by atoms with Crippen LogP contribution in [-0.2, 0) is 15.6 Å². The first kappa shape index (κ1) is 26.7. The van der Waals surface area contributed by atoms with E-state index in [2.05, 4.69) is 44.1 Å². The number of rotatable bonds is 7. The first-order valence-corrected chi connectivity index (χ1v) is 15.3. The highest BCUT2D eigenvalue weighted by Gasteiger charge is 2.45. The Kier molecular flexibility index (Phi) is 7.09. The molecule has 1 unspecified atom stereocenters. The first-order valence-electron chi connectivity index (χ1n) is 12.3. The second-order valence-corrected chi connectivity index (χ2v) is 15.8. The van der Waals surface area contributed by atoms with Gasteiger partial charge in [-0.3, -0.25) is 9.59 Å². The maximum atomic E-state index is 15.0. The van der Waals surface area contributed by atoms with Crippen molar-refractivity contribution in [2.24, 2.45) is 0 Å². The van der Waals surface area contributed by atoms with E-state index in [-0.39, 0.29) is 29.3 Å². The summed E-state index contributed by atoms with van der Waals surface area (Å²) < 4.78 is 21.2. The number of aromatic amines is 1. The van der Waals surface area contributed by atoms with Crippen LogP contribution in [-0.4, -0.2) is 54.5 Å². The lowest BCUT2D eigenvalue weighted by atomic mass is 10.0. The maximum Gasteiger partial charge on any atom is 0.332 e. The Morgan fingerprint density at radius 3 is 2.43 bits per heavy atom. The van der Waals surface area contributed by atoms with E-state index in [4.69, 9.17) is 4.43 Å². The van der Waals surface area contributed by atoms with Crippen molar-refractivity contribution >= 4 is 36.7 Å². The normalized spacial score (nSPS) is 16.8. The summed E-state index contributed by atoms with van der Waals surface area (Å²) in [5, 5.41) is 7.88. The molecule has 0 spiro atoms. The van der Waals surface area contributed by atoms with Crippen LogP contribution in [0.15, 0.2) is 47.3 Å². The van der Waals surface area contributed by atoms with Crippen LogP contribution in [0.4, 0.5) is 14.9 Å². The number of nitrogens with zero attached hydrogens (tertiary/aromatic N) is 3. The van der Waals surface area contributed by atoms with Crippen LogP contribution in [0.25, 0.3) is 10.8 Å². The fraction of sp³-hybridized carbons (Fsp3) is 0.407. The molecular weight excluding hydrogens is 491 g/mol. The van der Waals surface area contributed by atoms with Crippen molar-refractivity contribution in [1.29, 1.82) is 0 Å². The second kappa shape index (κ2) is 9.83. The zero-order chi connectivity index (χ0) is 27.1. The number of fused-ring (bicyclic) bond motifs is 1. The SMILES string of the molecule is CC1C(=O)N(c2cc(Cc3n[nH]c(=O)c4ccccc34)ccc2F)C(=O)N1CCO[Si](C)(C)C(C)(C)C. The summed E-state index contributed by atoms with van der Waals surface area (Å²) in [6.07, 6.45) is 0.278. The van der Waals surface area contributed by atoms with Crippen LogP contribution in [0.3, 0.4) is 0 Å². The Labute approximate surface area is 216 Å². The highest BCUT2D eigenvalue weighted by Crippen LogP contribution is 2.36.